The topological polar surface area (TPSA) is 74.8 Å². The van der Waals surface area contributed by atoms with E-state index in [1.54, 1.807) is 22.4 Å². The first-order valence-corrected chi connectivity index (χ1v) is 7.88. The van der Waals surface area contributed by atoms with Gasteiger partial charge in [0.2, 0.25) is 11.8 Å². The number of amides is 2. The van der Waals surface area contributed by atoms with Crippen LogP contribution < -0.4 is 5.32 Å². The zero-order valence-corrected chi connectivity index (χ0v) is 12.5. The number of piperazine rings is 1. The summed E-state index contributed by atoms with van der Waals surface area (Å²) in [6, 6.07) is 0. The van der Waals surface area contributed by atoms with Gasteiger partial charge in [0.25, 0.3) is 0 Å². The van der Waals surface area contributed by atoms with Crippen molar-refractivity contribution in [3.63, 3.8) is 0 Å². The predicted molar refractivity (Wildman–Crippen MR) is 76.8 cm³/mol. The third kappa shape index (κ3) is 3.58. The lowest BCUT2D eigenvalue weighted by Gasteiger charge is -2.34. The Morgan fingerprint density at radius 1 is 1.52 bits per heavy atom. The average molecular weight is 310 g/mol. The smallest absolute Gasteiger partial charge is 0.239 e. The fourth-order valence-corrected chi connectivity index (χ4v) is 3.21. The van der Waals surface area contributed by atoms with Crippen molar-refractivity contribution in [1.82, 2.24) is 20.1 Å². The molecule has 0 saturated carbocycles. The van der Waals surface area contributed by atoms with Crippen molar-refractivity contribution in [3.05, 3.63) is 16.6 Å². The minimum absolute atomic E-state index is 0.00430. The van der Waals surface area contributed by atoms with Gasteiger partial charge in [0.15, 0.2) is 0 Å². The Morgan fingerprint density at radius 3 is 3.19 bits per heavy atom. The van der Waals surface area contributed by atoms with Crippen LogP contribution >= 0.6 is 11.3 Å². The molecule has 21 heavy (non-hydrogen) atoms. The monoisotopic (exact) mass is 310 g/mol. The largest absolute Gasteiger partial charge is 0.368 e. The van der Waals surface area contributed by atoms with Gasteiger partial charge in [0.1, 0.15) is 11.1 Å². The number of carbonyl (C=O) groups excluding carboxylic acids is 2. The number of carbonyl (C=O) groups is 2. The highest BCUT2D eigenvalue weighted by Gasteiger charge is 2.28. The van der Waals surface area contributed by atoms with Crippen LogP contribution in [0.1, 0.15) is 11.1 Å². The Morgan fingerprint density at radius 2 is 2.43 bits per heavy atom. The Hall–Kier alpha value is -1.51. The van der Waals surface area contributed by atoms with Gasteiger partial charge in [-0.25, -0.2) is 4.98 Å². The van der Waals surface area contributed by atoms with Crippen LogP contribution in [0.2, 0.25) is 0 Å². The lowest BCUT2D eigenvalue weighted by Crippen LogP contribution is -2.53. The minimum Gasteiger partial charge on any atom is -0.368 e. The number of ether oxygens (including phenoxy) is 1. The Balaban J connectivity index is 1.54. The van der Waals surface area contributed by atoms with Gasteiger partial charge in [-0.05, 0) is 0 Å². The Labute approximate surface area is 126 Å². The first-order chi connectivity index (χ1) is 10.2. The van der Waals surface area contributed by atoms with E-state index in [-0.39, 0.29) is 24.5 Å². The maximum Gasteiger partial charge on any atom is 0.239 e. The van der Waals surface area contributed by atoms with Crippen LogP contribution in [0.25, 0.3) is 0 Å². The summed E-state index contributed by atoms with van der Waals surface area (Å²) in [5.41, 5.74) is 0. The van der Waals surface area contributed by atoms with Crippen molar-refractivity contribution in [2.75, 3.05) is 45.9 Å². The maximum absolute atomic E-state index is 12.3. The molecule has 1 aromatic rings. The summed E-state index contributed by atoms with van der Waals surface area (Å²) < 4.78 is 5.71. The molecule has 0 spiro atoms. The van der Waals surface area contributed by atoms with Gasteiger partial charge in [-0.2, -0.15) is 0 Å². The van der Waals surface area contributed by atoms with Crippen molar-refractivity contribution >= 4 is 23.2 Å². The summed E-state index contributed by atoms with van der Waals surface area (Å²) in [4.78, 5) is 31.6. The zero-order valence-electron chi connectivity index (χ0n) is 11.7. The molecule has 3 rings (SSSR count). The van der Waals surface area contributed by atoms with Gasteiger partial charge in [0.05, 0.1) is 19.7 Å². The summed E-state index contributed by atoms with van der Waals surface area (Å²) in [5.74, 6) is -0.0816. The number of morpholine rings is 1. The number of nitrogens with one attached hydrogen (secondary N) is 1. The van der Waals surface area contributed by atoms with E-state index in [1.165, 1.54) is 0 Å². The highest BCUT2D eigenvalue weighted by Crippen LogP contribution is 2.23. The Bertz CT molecular complexity index is 508. The highest BCUT2D eigenvalue weighted by atomic mass is 32.1. The van der Waals surface area contributed by atoms with Gasteiger partial charge in [-0.15, -0.1) is 11.3 Å². The van der Waals surface area contributed by atoms with Crippen molar-refractivity contribution in [3.8, 4) is 0 Å². The third-order valence-corrected chi connectivity index (χ3v) is 4.49. The van der Waals surface area contributed by atoms with Crippen LogP contribution in [0.4, 0.5) is 0 Å². The second-order valence-electron chi connectivity index (χ2n) is 5.13. The molecule has 0 aliphatic carbocycles. The van der Waals surface area contributed by atoms with E-state index in [0.717, 1.165) is 11.6 Å². The van der Waals surface area contributed by atoms with Gasteiger partial charge >= 0.3 is 0 Å². The summed E-state index contributed by atoms with van der Waals surface area (Å²) in [7, 11) is 0. The van der Waals surface area contributed by atoms with Crippen molar-refractivity contribution in [2.45, 2.75) is 6.10 Å². The number of aromatic nitrogens is 1. The number of rotatable bonds is 3. The molecule has 1 aromatic heterocycles. The predicted octanol–water partition coefficient (Wildman–Crippen LogP) is -0.525. The van der Waals surface area contributed by atoms with Gasteiger partial charge in [-0.1, -0.05) is 0 Å². The van der Waals surface area contributed by atoms with Gasteiger partial charge in [-0.3, -0.25) is 14.5 Å². The van der Waals surface area contributed by atoms with E-state index in [2.05, 4.69) is 15.2 Å². The standard InChI is InChI=1S/C13H18N4O3S/c18-11-8-17(3-1-14-11)12(19)9-16-4-5-20-10(7-16)13-15-2-6-21-13/h2,6,10H,1,3-5,7-9H2,(H,14,18)/t10-/m0/s1. The van der Waals surface area contributed by atoms with Crippen LogP contribution in [0.15, 0.2) is 11.6 Å². The van der Waals surface area contributed by atoms with Crippen LogP contribution in [-0.2, 0) is 14.3 Å². The lowest BCUT2D eigenvalue weighted by molar-refractivity contribution is -0.140. The number of nitrogens with zero attached hydrogens (tertiary/aromatic N) is 3. The quantitative estimate of drug-likeness (QED) is 0.813. The van der Waals surface area contributed by atoms with E-state index < -0.39 is 0 Å². The SMILES string of the molecule is O=C1CN(C(=O)CN2CCO[C@H](c3nccs3)C2)CCN1. The second-order valence-corrected chi connectivity index (χ2v) is 6.06. The highest BCUT2D eigenvalue weighted by molar-refractivity contribution is 7.09. The molecule has 0 radical (unpaired) electrons. The molecule has 1 N–H and O–H groups in total. The van der Waals surface area contributed by atoms with Crippen LogP contribution in [0, 0.1) is 0 Å². The summed E-state index contributed by atoms with van der Waals surface area (Å²) in [6.45, 7) is 3.61. The Kier molecular flexibility index (Phi) is 4.47. The van der Waals surface area contributed by atoms with Gasteiger partial charge in [0, 0.05) is 37.8 Å². The number of thiazole rings is 1. The fourth-order valence-electron chi connectivity index (χ4n) is 2.53. The molecule has 8 heteroatoms. The van der Waals surface area contributed by atoms with Crippen LogP contribution in [-0.4, -0.2) is 72.5 Å². The number of hydrogen-bond donors (Lipinski definition) is 1. The summed E-state index contributed by atoms with van der Waals surface area (Å²) in [6.07, 6.45) is 1.70. The van der Waals surface area contributed by atoms with Crippen molar-refractivity contribution < 1.29 is 14.3 Å². The molecule has 0 bridgehead atoms. The van der Waals surface area contributed by atoms with E-state index >= 15 is 0 Å². The van der Waals surface area contributed by atoms with E-state index in [1.807, 2.05) is 5.38 Å². The number of hydrogen-bond acceptors (Lipinski definition) is 6. The molecule has 114 valence electrons. The van der Waals surface area contributed by atoms with Crippen molar-refractivity contribution in [2.24, 2.45) is 0 Å². The van der Waals surface area contributed by atoms with Crippen LogP contribution in [0.5, 0.6) is 0 Å². The molecular weight excluding hydrogens is 292 g/mol. The maximum atomic E-state index is 12.3. The van der Waals surface area contributed by atoms with Crippen LogP contribution in [0.3, 0.4) is 0 Å². The van der Waals surface area contributed by atoms with Gasteiger partial charge < -0.3 is 15.0 Å². The molecule has 3 heterocycles. The zero-order chi connectivity index (χ0) is 14.7. The van der Waals surface area contributed by atoms with Crippen molar-refractivity contribution in [1.29, 1.82) is 0 Å². The van der Waals surface area contributed by atoms with E-state index in [9.17, 15) is 9.59 Å². The van der Waals surface area contributed by atoms with E-state index in [0.29, 0.717) is 32.8 Å². The third-order valence-electron chi connectivity index (χ3n) is 3.63. The molecule has 2 fully saturated rings. The average Bonchev–Trinajstić information content (AvgIpc) is 3.02. The minimum atomic E-state index is -0.0859. The van der Waals surface area contributed by atoms with E-state index in [4.69, 9.17) is 4.74 Å². The normalized spacial score (nSPS) is 23.9. The molecule has 2 aliphatic heterocycles. The molecule has 0 aromatic carbocycles. The molecule has 2 saturated heterocycles. The molecule has 0 unspecified atom stereocenters. The first kappa shape index (κ1) is 14.4. The molecule has 2 amide bonds. The molecular formula is C13H18N4O3S. The first-order valence-electron chi connectivity index (χ1n) is 7.00. The molecule has 7 nitrogen and oxygen atoms in total. The fraction of sp³-hybridized carbons (Fsp3) is 0.615. The molecule has 2 aliphatic rings. The summed E-state index contributed by atoms with van der Waals surface area (Å²) >= 11 is 1.57. The summed E-state index contributed by atoms with van der Waals surface area (Å²) in [5, 5.41) is 5.60. The molecule has 1 atom stereocenters. The lowest BCUT2D eigenvalue weighted by atomic mass is 10.2. The second kappa shape index (κ2) is 6.50.